The Hall–Kier alpha value is -2.33. The summed E-state index contributed by atoms with van der Waals surface area (Å²) in [6, 6.07) is 9.79. The van der Waals surface area contributed by atoms with Crippen molar-refractivity contribution in [2.24, 2.45) is 5.14 Å². The third kappa shape index (κ3) is 4.56. The number of nitrogen functional groups attached to an aromatic ring is 1. The molecule has 0 bridgehead atoms. The van der Waals surface area contributed by atoms with Crippen molar-refractivity contribution >= 4 is 38.9 Å². The van der Waals surface area contributed by atoms with Crippen LogP contribution in [0.4, 0.5) is 5.82 Å². The Morgan fingerprint density at radius 3 is 2.66 bits per heavy atom. The summed E-state index contributed by atoms with van der Waals surface area (Å²) in [5.74, 6) is 0.200. The van der Waals surface area contributed by atoms with Crippen molar-refractivity contribution in [1.29, 1.82) is 0 Å². The van der Waals surface area contributed by atoms with Gasteiger partial charge >= 0.3 is 10.3 Å². The van der Waals surface area contributed by atoms with E-state index < -0.39 is 41.5 Å². The molecule has 3 heterocycles. The molecule has 1 unspecified atom stereocenters. The molecule has 4 rings (SSSR count). The Bertz CT molecular complexity index is 1210. The molecule has 14 heteroatoms. The van der Waals surface area contributed by atoms with E-state index in [0.717, 1.165) is 5.56 Å². The number of thioether (sulfide) groups is 1. The van der Waals surface area contributed by atoms with Gasteiger partial charge in [0.25, 0.3) is 0 Å². The van der Waals surface area contributed by atoms with Crippen LogP contribution in [0.3, 0.4) is 0 Å². The minimum atomic E-state index is -4.25. The lowest BCUT2D eigenvalue weighted by Gasteiger charge is -2.15. The molecule has 3 aromatic rings. The molecule has 1 fully saturated rings. The fourth-order valence-electron chi connectivity index (χ4n) is 3.41. The number of nitrogens with zero attached hydrogens (tertiary/aromatic N) is 4. The molecule has 2 aromatic heterocycles. The average Bonchev–Trinajstić information content (AvgIpc) is 3.25. The molecule has 12 nitrogen and oxygen atoms in total. The van der Waals surface area contributed by atoms with Crippen molar-refractivity contribution in [2.75, 3.05) is 12.3 Å². The molecule has 32 heavy (non-hydrogen) atoms. The highest BCUT2D eigenvalue weighted by atomic mass is 32.2. The van der Waals surface area contributed by atoms with Gasteiger partial charge < -0.3 is 20.7 Å². The van der Waals surface area contributed by atoms with Crippen LogP contribution in [-0.2, 0) is 19.2 Å². The number of hydrogen-bond donors (Lipinski definition) is 4. The van der Waals surface area contributed by atoms with Crippen molar-refractivity contribution in [3.63, 3.8) is 0 Å². The van der Waals surface area contributed by atoms with Crippen LogP contribution in [0.15, 0.2) is 41.7 Å². The molecule has 0 radical (unpaired) electrons. The molecule has 0 spiro atoms. The maximum atomic E-state index is 11.1. The maximum Gasteiger partial charge on any atom is 0.333 e. The van der Waals surface area contributed by atoms with Crippen LogP contribution in [0.2, 0.25) is 0 Å². The second kappa shape index (κ2) is 8.90. The fraction of sp³-hybridized carbons (Fsp3) is 0.389. The van der Waals surface area contributed by atoms with E-state index in [-0.39, 0.29) is 11.1 Å². The van der Waals surface area contributed by atoms with Gasteiger partial charge in [0, 0.05) is 5.25 Å². The van der Waals surface area contributed by atoms with Crippen LogP contribution in [0.5, 0.6) is 0 Å². The highest BCUT2D eigenvalue weighted by Crippen LogP contribution is 2.41. The van der Waals surface area contributed by atoms with E-state index in [1.807, 2.05) is 37.3 Å². The molecule has 6 N–H and O–H groups in total. The first kappa shape index (κ1) is 22.8. The lowest BCUT2D eigenvalue weighted by atomic mass is 10.1. The maximum absolute atomic E-state index is 11.1. The zero-order valence-corrected chi connectivity index (χ0v) is 18.5. The van der Waals surface area contributed by atoms with Crippen LogP contribution in [0.1, 0.15) is 24.0 Å². The third-order valence-corrected chi connectivity index (χ3v) is 6.62. The van der Waals surface area contributed by atoms with Crippen molar-refractivity contribution in [1.82, 2.24) is 19.7 Å². The molecular formula is C18H22N6O6S2. The molecule has 0 saturated carbocycles. The number of ether oxygens (including phenoxy) is 1. The van der Waals surface area contributed by atoms with Crippen LogP contribution < -0.4 is 10.9 Å². The summed E-state index contributed by atoms with van der Waals surface area (Å²) in [5, 5.41) is 31.3. The number of benzene rings is 1. The minimum Gasteiger partial charge on any atom is -0.387 e. The van der Waals surface area contributed by atoms with Crippen LogP contribution >= 0.6 is 11.8 Å². The molecule has 5 atom stereocenters. The van der Waals surface area contributed by atoms with Gasteiger partial charge in [-0.2, -0.15) is 13.5 Å². The summed E-state index contributed by atoms with van der Waals surface area (Å²) in [4.78, 5) is 8.27. The summed E-state index contributed by atoms with van der Waals surface area (Å²) in [5.41, 5.74) is 7.47. The van der Waals surface area contributed by atoms with Gasteiger partial charge in [-0.1, -0.05) is 42.1 Å². The molecule has 1 saturated heterocycles. The number of rotatable bonds is 7. The summed E-state index contributed by atoms with van der Waals surface area (Å²) < 4.78 is 33.6. The lowest BCUT2D eigenvalue weighted by molar-refractivity contribution is -0.0531. The van der Waals surface area contributed by atoms with Crippen LogP contribution in [0.25, 0.3) is 11.0 Å². The Morgan fingerprint density at radius 1 is 1.25 bits per heavy atom. The molecule has 1 aliphatic heterocycles. The minimum absolute atomic E-state index is 0.0123. The van der Waals surface area contributed by atoms with E-state index in [1.165, 1.54) is 22.8 Å². The third-order valence-electron chi connectivity index (χ3n) is 5.02. The predicted octanol–water partition coefficient (Wildman–Crippen LogP) is 0.101. The number of nitrogens with two attached hydrogens (primary N) is 2. The van der Waals surface area contributed by atoms with E-state index in [9.17, 15) is 18.6 Å². The quantitative estimate of drug-likeness (QED) is 0.334. The molecule has 1 aromatic carbocycles. The first-order valence-corrected chi connectivity index (χ1v) is 11.9. The van der Waals surface area contributed by atoms with Gasteiger partial charge in [0.2, 0.25) is 0 Å². The number of aliphatic hydroxyl groups excluding tert-OH is 2. The van der Waals surface area contributed by atoms with Crippen molar-refractivity contribution in [2.45, 2.75) is 41.7 Å². The van der Waals surface area contributed by atoms with E-state index in [0.29, 0.717) is 16.1 Å². The van der Waals surface area contributed by atoms with E-state index in [2.05, 4.69) is 19.2 Å². The highest BCUT2D eigenvalue weighted by Gasteiger charge is 2.45. The SMILES string of the molecule is CC(Sc1nn([C@@H]2O[C@H](COS(N)(=O)=O)[C@@H](O)[C@H]2O)c2ncnc(N)c12)c1ccccc1. The van der Waals surface area contributed by atoms with Gasteiger partial charge in [0.05, 0.1) is 12.0 Å². The summed E-state index contributed by atoms with van der Waals surface area (Å²) in [6.07, 6.45) is -3.96. The number of anilines is 1. The van der Waals surface area contributed by atoms with Crippen molar-refractivity contribution < 1.29 is 27.6 Å². The van der Waals surface area contributed by atoms with Gasteiger partial charge in [-0.05, 0) is 12.5 Å². The predicted molar refractivity (Wildman–Crippen MR) is 115 cm³/mol. The first-order chi connectivity index (χ1) is 15.2. The van der Waals surface area contributed by atoms with E-state index in [1.54, 1.807) is 0 Å². The summed E-state index contributed by atoms with van der Waals surface area (Å²) in [7, 11) is -4.25. The van der Waals surface area contributed by atoms with E-state index >= 15 is 0 Å². The van der Waals surface area contributed by atoms with Gasteiger partial charge in [-0.15, -0.1) is 0 Å². The average molecular weight is 483 g/mol. The van der Waals surface area contributed by atoms with Gasteiger partial charge in [-0.25, -0.2) is 19.8 Å². The molecule has 172 valence electrons. The first-order valence-electron chi connectivity index (χ1n) is 9.54. The monoisotopic (exact) mass is 482 g/mol. The highest BCUT2D eigenvalue weighted by molar-refractivity contribution is 7.99. The summed E-state index contributed by atoms with van der Waals surface area (Å²) >= 11 is 1.42. The number of aliphatic hydroxyl groups is 2. The van der Waals surface area contributed by atoms with E-state index in [4.69, 9.17) is 15.6 Å². The standard InChI is InChI=1S/C18H22N6O6S2/c1-9(10-5-3-2-4-6-10)31-17-12-15(19)21-8-22-16(12)24(23-17)18-14(26)13(25)11(30-18)7-29-32(20,27)28/h2-6,8-9,11,13-14,18,25-26H,7H2,1H3,(H2,19,21,22)(H2,20,27,28)/t9?,11-,13-,14-,18-/m1/s1. The lowest BCUT2D eigenvalue weighted by Crippen LogP contribution is -2.35. The van der Waals surface area contributed by atoms with Crippen LogP contribution in [-0.4, -0.2) is 63.3 Å². The fourth-order valence-corrected chi connectivity index (χ4v) is 4.81. The second-order valence-electron chi connectivity index (χ2n) is 7.20. The molecule has 0 amide bonds. The van der Waals surface area contributed by atoms with Crippen molar-refractivity contribution in [3.05, 3.63) is 42.2 Å². The number of fused-ring (bicyclic) bond motifs is 1. The van der Waals surface area contributed by atoms with Gasteiger partial charge in [0.15, 0.2) is 11.9 Å². The Labute approximate surface area is 187 Å². The van der Waals surface area contributed by atoms with Gasteiger partial charge in [-0.3, -0.25) is 4.18 Å². The second-order valence-corrected chi connectivity index (χ2v) is 9.75. The summed E-state index contributed by atoms with van der Waals surface area (Å²) in [6.45, 7) is 1.44. The number of hydrogen-bond acceptors (Lipinski definition) is 11. The normalized spacial score (nSPS) is 24.8. The Kier molecular flexibility index (Phi) is 6.35. The smallest absolute Gasteiger partial charge is 0.333 e. The Balaban J connectivity index is 1.67. The molecule has 0 aliphatic carbocycles. The largest absolute Gasteiger partial charge is 0.387 e. The van der Waals surface area contributed by atoms with Crippen LogP contribution in [0, 0.1) is 0 Å². The Morgan fingerprint density at radius 2 is 1.97 bits per heavy atom. The number of aromatic nitrogens is 4. The molecule has 1 aliphatic rings. The van der Waals surface area contributed by atoms with Crippen molar-refractivity contribution in [3.8, 4) is 0 Å². The zero-order valence-electron chi connectivity index (χ0n) is 16.8. The topological polar surface area (TPSA) is 189 Å². The molecular weight excluding hydrogens is 460 g/mol. The van der Waals surface area contributed by atoms with Gasteiger partial charge in [0.1, 0.15) is 35.5 Å². The zero-order chi connectivity index (χ0) is 23.0.